The van der Waals surface area contributed by atoms with Gasteiger partial charge in [-0.25, -0.2) is 4.79 Å². The van der Waals surface area contributed by atoms with E-state index in [1.165, 1.54) is 0 Å². The lowest BCUT2D eigenvalue weighted by Gasteiger charge is -2.29. The lowest BCUT2D eigenvalue weighted by molar-refractivity contribution is 0.186. The van der Waals surface area contributed by atoms with Gasteiger partial charge in [0.15, 0.2) is 0 Å². The second-order valence-electron chi connectivity index (χ2n) is 4.85. The van der Waals surface area contributed by atoms with E-state index < -0.39 is 0 Å². The molecule has 16 heavy (non-hydrogen) atoms. The van der Waals surface area contributed by atoms with Gasteiger partial charge in [0.1, 0.15) is 0 Å². The maximum absolute atomic E-state index is 11.8. The molecule has 0 aromatic heterocycles. The van der Waals surface area contributed by atoms with Crippen molar-refractivity contribution in [3.63, 3.8) is 0 Å². The Morgan fingerprint density at radius 1 is 1.44 bits per heavy atom. The zero-order chi connectivity index (χ0) is 11.4. The standard InChI is InChI=1S/C11H21N3O2/c12-8-11(4-1-2-5-11)14-10(15)13-9-3-6-16-7-9/h9H,1-8,12H2,(H2,13,14,15). The molecule has 0 bridgehead atoms. The van der Waals surface area contributed by atoms with Crippen molar-refractivity contribution >= 4 is 6.03 Å². The van der Waals surface area contributed by atoms with Crippen molar-refractivity contribution in [3.05, 3.63) is 0 Å². The number of carbonyl (C=O) groups is 1. The maximum Gasteiger partial charge on any atom is 0.315 e. The molecule has 0 radical (unpaired) electrons. The Balaban J connectivity index is 1.80. The first-order valence-electron chi connectivity index (χ1n) is 6.11. The van der Waals surface area contributed by atoms with Gasteiger partial charge in [-0.3, -0.25) is 0 Å². The van der Waals surface area contributed by atoms with Crippen LogP contribution in [-0.2, 0) is 4.74 Å². The van der Waals surface area contributed by atoms with Crippen LogP contribution in [-0.4, -0.2) is 37.4 Å². The minimum atomic E-state index is -0.163. The molecular formula is C11H21N3O2. The monoisotopic (exact) mass is 227 g/mol. The van der Waals surface area contributed by atoms with Crippen molar-refractivity contribution in [2.75, 3.05) is 19.8 Å². The zero-order valence-corrected chi connectivity index (χ0v) is 9.63. The minimum Gasteiger partial charge on any atom is -0.379 e. The molecule has 1 saturated heterocycles. The lowest BCUT2D eigenvalue weighted by atomic mass is 9.98. The van der Waals surface area contributed by atoms with E-state index in [9.17, 15) is 4.79 Å². The van der Waals surface area contributed by atoms with Crippen LogP contribution in [0.2, 0.25) is 0 Å². The highest BCUT2D eigenvalue weighted by atomic mass is 16.5. The molecular weight excluding hydrogens is 206 g/mol. The Morgan fingerprint density at radius 3 is 2.75 bits per heavy atom. The molecule has 2 fully saturated rings. The van der Waals surface area contributed by atoms with Gasteiger partial charge in [-0.2, -0.15) is 0 Å². The van der Waals surface area contributed by atoms with Crippen molar-refractivity contribution < 1.29 is 9.53 Å². The van der Waals surface area contributed by atoms with Gasteiger partial charge >= 0.3 is 6.03 Å². The van der Waals surface area contributed by atoms with E-state index in [2.05, 4.69) is 10.6 Å². The molecule has 2 rings (SSSR count). The second kappa shape index (κ2) is 5.01. The molecule has 1 aliphatic heterocycles. The average Bonchev–Trinajstić information content (AvgIpc) is 2.90. The Hall–Kier alpha value is -0.810. The van der Waals surface area contributed by atoms with Crippen molar-refractivity contribution in [1.29, 1.82) is 0 Å². The lowest BCUT2D eigenvalue weighted by Crippen LogP contribution is -2.56. The van der Waals surface area contributed by atoms with Crippen LogP contribution >= 0.6 is 0 Å². The van der Waals surface area contributed by atoms with E-state index in [1.54, 1.807) is 0 Å². The number of nitrogens with two attached hydrogens (primary N) is 1. The Labute approximate surface area is 96.1 Å². The van der Waals surface area contributed by atoms with Crippen LogP contribution in [0, 0.1) is 0 Å². The van der Waals surface area contributed by atoms with Crippen LogP contribution in [0.5, 0.6) is 0 Å². The summed E-state index contributed by atoms with van der Waals surface area (Å²) < 4.78 is 5.21. The maximum atomic E-state index is 11.8. The number of urea groups is 1. The van der Waals surface area contributed by atoms with E-state index in [4.69, 9.17) is 10.5 Å². The van der Waals surface area contributed by atoms with E-state index in [-0.39, 0.29) is 17.6 Å². The van der Waals surface area contributed by atoms with Crippen LogP contribution in [0.4, 0.5) is 4.79 Å². The summed E-state index contributed by atoms with van der Waals surface area (Å²) in [5.41, 5.74) is 5.59. The fourth-order valence-electron chi connectivity index (χ4n) is 2.54. The predicted octanol–water partition coefficient (Wildman–Crippen LogP) is 0.346. The average molecular weight is 227 g/mol. The van der Waals surface area contributed by atoms with E-state index >= 15 is 0 Å². The van der Waals surface area contributed by atoms with Crippen molar-refractivity contribution in [2.45, 2.75) is 43.7 Å². The van der Waals surface area contributed by atoms with E-state index in [0.717, 1.165) is 38.7 Å². The van der Waals surface area contributed by atoms with Gasteiger partial charge in [-0.15, -0.1) is 0 Å². The molecule has 1 saturated carbocycles. The number of ether oxygens (including phenoxy) is 1. The quantitative estimate of drug-likeness (QED) is 0.651. The highest BCUT2D eigenvalue weighted by molar-refractivity contribution is 5.75. The molecule has 4 N–H and O–H groups in total. The summed E-state index contributed by atoms with van der Waals surface area (Å²) in [6.07, 6.45) is 5.22. The fourth-order valence-corrected chi connectivity index (χ4v) is 2.54. The summed E-state index contributed by atoms with van der Waals surface area (Å²) in [6.45, 7) is 1.90. The van der Waals surface area contributed by atoms with Gasteiger partial charge < -0.3 is 21.1 Å². The highest BCUT2D eigenvalue weighted by Gasteiger charge is 2.34. The SMILES string of the molecule is NCC1(NC(=O)NC2CCOC2)CCCC1. The third-order valence-electron chi connectivity index (χ3n) is 3.59. The van der Waals surface area contributed by atoms with Crippen molar-refractivity contribution in [3.8, 4) is 0 Å². The smallest absolute Gasteiger partial charge is 0.315 e. The van der Waals surface area contributed by atoms with Crippen molar-refractivity contribution in [2.24, 2.45) is 5.73 Å². The van der Waals surface area contributed by atoms with E-state index in [1.807, 2.05) is 0 Å². The molecule has 1 unspecified atom stereocenters. The first-order valence-corrected chi connectivity index (χ1v) is 6.11. The molecule has 1 aliphatic carbocycles. The molecule has 2 amide bonds. The summed E-state index contributed by atoms with van der Waals surface area (Å²) in [4.78, 5) is 11.8. The van der Waals surface area contributed by atoms with E-state index in [0.29, 0.717) is 13.2 Å². The molecule has 0 aromatic rings. The number of rotatable bonds is 3. The normalized spacial score (nSPS) is 27.9. The van der Waals surface area contributed by atoms with Crippen LogP contribution < -0.4 is 16.4 Å². The Morgan fingerprint density at radius 2 is 2.19 bits per heavy atom. The number of hydrogen-bond donors (Lipinski definition) is 3. The first-order chi connectivity index (χ1) is 7.74. The van der Waals surface area contributed by atoms with Crippen LogP contribution in [0.1, 0.15) is 32.1 Å². The molecule has 1 atom stereocenters. The molecule has 5 nitrogen and oxygen atoms in total. The number of carbonyl (C=O) groups excluding carboxylic acids is 1. The third kappa shape index (κ3) is 2.65. The summed E-state index contributed by atoms with van der Waals surface area (Å²) >= 11 is 0. The van der Waals surface area contributed by atoms with Gasteiger partial charge in [0.25, 0.3) is 0 Å². The van der Waals surface area contributed by atoms with Gasteiger partial charge in [0, 0.05) is 13.2 Å². The van der Waals surface area contributed by atoms with Gasteiger partial charge in [-0.1, -0.05) is 12.8 Å². The molecule has 1 heterocycles. The van der Waals surface area contributed by atoms with Crippen LogP contribution in [0.3, 0.4) is 0 Å². The first kappa shape index (κ1) is 11.7. The molecule has 5 heteroatoms. The summed E-state index contributed by atoms with van der Waals surface area (Å²) in [6, 6.07) is 0.0686. The van der Waals surface area contributed by atoms with Gasteiger partial charge in [0.2, 0.25) is 0 Å². The van der Waals surface area contributed by atoms with Crippen LogP contribution in [0.15, 0.2) is 0 Å². The summed E-state index contributed by atoms with van der Waals surface area (Å²) in [7, 11) is 0. The Bertz CT molecular complexity index is 246. The molecule has 0 aromatic carbocycles. The molecule has 2 aliphatic rings. The molecule has 0 spiro atoms. The second-order valence-corrected chi connectivity index (χ2v) is 4.85. The number of hydrogen-bond acceptors (Lipinski definition) is 3. The molecule has 92 valence electrons. The Kier molecular flexibility index (Phi) is 3.66. The largest absolute Gasteiger partial charge is 0.379 e. The number of amides is 2. The zero-order valence-electron chi connectivity index (χ0n) is 9.63. The fraction of sp³-hybridized carbons (Fsp3) is 0.909. The van der Waals surface area contributed by atoms with Gasteiger partial charge in [0.05, 0.1) is 18.2 Å². The summed E-state index contributed by atoms with van der Waals surface area (Å²) in [5.74, 6) is 0. The topological polar surface area (TPSA) is 76.4 Å². The van der Waals surface area contributed by atoms with Crippen LogP contribution in [0.25, 0.3) is 0 Å². The predicted molar refractivity (Wildman–Crippen MR) is 61.1 cm³/mol. The minimum absolute atomic E-state index is 0.0946. The van der Waals surface area contributed by atoms with Gasteiger partial charge in [-0.05, 0) is 19.3 Å². The third-order valence-corrected chi connectivity index (χ3v) is 3.59. The highest BCUT2D eigenvalue weighted by Crippen LogP contribution is 2.28. The van der Waals surface area contributed by atoms with Crippen molar-refractivity contribution in [1.82, 2.24) is 10.6 Å². The summed E-state index contributed by atoms with van der Waals surface area (Å²) in [5, 5.41) is 5.97. The number of nitrogens with one attached hydrogen (secondary N) is 2.